The van der Waals surface area contributed by atoms with Crippen LogP contribution in [0, 0.1) is 0 Å². The third-order valence-corrected chi connectivity index (χ3v) is 3.62. The summed E-state index contributed by atoms with van der Waals surface area (Å²) in [6, 6.07) is 2.84. The van der Waals surface area contributed by atoms with Crippen LogP contribution in [-0.2, 0) is 10.0 Å². The van der Waals surface area contributed by atoms with Crippen molar-refractivity contribution in [3.8, 4) is 0 Å². The van der Waals surface area contributed by atoms with Gasteiger partial charge in [-0.2, -0.15) is 0 Å². The zero-order chi connectivity index (χ0) is 12.3. The summed E-state index contributed by atoms with van der Waals surface area (Å²) >= 11 is 5.71. The molecule has 0 unspecified atom stereocenters. The largest absolute Gasteiger partial charge is 0.266 e. The first-order valence-corrected chi connectivity index (χ1v) is 6.35. The van der Waals surface area contributed by atoms with Crippen LogP contribution in [0.5, 0.6) is 0 Å². The highest BCUT2D eigenvalue weighted by Crippen LogP contribution is 2.19. The monoisotopic (exact) mass is 270 g/mol. The van der Waals surface area contributed by atoms with Crippen LogP contribution in [0.25, 0.3) is 0 Å². The summed E-state index contributed by atoms with van der Waals surface area (Å²) in [5.41, 5.74) is 0. The molecule has 0 radical (unpaired) electrons. The van der Waals surface area contributed by atoms with Gasteiger partial charge in [-0.3, -0.25) is 9.71 Å². The SMILES string of the molecule is O=S(=O)(Nc1cnccn1)c1cccnc1Cl. The Hall–Kier alpha value is -1.73. The maximum absolute atomic E-state index is 11.9. The fraction of sp³-hybridized carbons (Fsp3) is 0. The van der Waals surface area contributed by atoms with Crippen molar-refractivity contribution in [2.75, 3.05) is 4.72 Å². The minimum absolute atomic E-state index is 0.0936. The number of nitrogens with zero attached hydrogens (tertiary/aromatic N) is 3. The number of aromatic nitrogens is 3. The maximum atomic E-state index is 11.9. The van der Waals surface area contributed by atoms with Gasteiger partial charge in [0.15, 0.2) is 5.82 Å². The molecule has 0 bridgehead atoms. The van der Waals surface area contributed by atoms with E-state index >= 15 is 0 Å². The first kappa shape index (κ1) is 11.7. The molecule has 8 heteroatoms. The van der Waals surface area contributed by atoms with Crippen molar-refractivity contribution < 1.29 is 8.42 Å². The van der Waals surface area contributed by atoms with Crippen LogP contribution in [0.2, 0.25) is 5.15 Å². The molecule has 2 aromatic heterocycles. The van der Waals surface area contributed by atoms with E-state index in [1.165, 1.54) is 36.9 Å². The highest BCUT2D eigenvalue weighted by Gasteiger charge is 2.18. The quantitative estimate of drug-likeness (QED) is 0.851. The summed E-state index contributed by atoms with van der Waals surface area (Å²) in [5.74, 6) is 0.118. The van der Waals surface area contributed by atoms with Gasteiger partial charge in [0.1, 0.15) is 10.0 Å². The van der Waals surface area contributed by atoms with Gasteiger partial charge in [0.05, 0.1) is 6.20 Å². The number of hydrogen-bond donors (Lipinski definition) is 1. The van der Waals surface area contributed by atoms with Crippen LogP contribution in [0.15, 0.2) is 41.8 Å². The number of nitrogens with one attached hydrogen (secondary N) is 1. The summed E-state index contributed by atoms with van der Waals surface area (Å²) in [5, 5.41) is -0.0936. The molecule has 17 heavy (non-hydrogen) atoms. The number of halogens is 1. The molecule has 88 valence electrons. The van der Waals surface area contributed by atoms with Crippen LogP contribution in [-0.4, -0.2) is 23.4 Å². The van der Waals surface area contributed by atoms with E-state index in [9.17, 15) is 8.42 Å². The summed E-state index contributed by atoms with van der Waals surface area (Å²) in [6.07, 6.45) is 5.52. The molecule has 0 amide bonds. The Bertz CT molecular complexity index is 618. The zero-order valence-electron chi connectivity index (χ0n) is 8.41. The van der Waals surface area contributed by atoms with Gasteiger partial charge in [0, 0.05) is 18.6 Å². The predicted molar refractivity (Wildman–Crippen MR) is 62.1 cm³/mol. The van der Waals surface area contributed by atoms with E-state index in [-0.39, 0.29) is 15.9 Å². The standard InChI is InChI=1S/C9H7ClN4O2S/c10-9-7(2-1-3-13-9)17(15,16)14-8-6-11-4-5-12-8/h1-6H,(H,12,14). The van der Waals surface area contributed by atoms with Crippen LogP contribution >= 0.6 is 11.6 Å². The first-order valence-electron chi connectivity index (χ1n) is 4.49. The van der Waals surface area contributed by atoms with Crippen molar-refractivity contribution in [1.29, 1.82) is 0 Å². The van der Waals surface area contributed by atoms with E-state index < -0.39 is 10.0 Å². The maximum Gasteiger partial charge on any atom is 0.266 e. The number of hydrogen-bond acceptors (Lipinski definition) is 5. The van der Waals surface area contributed by atoms with Crippen LogP contribution in [0.3, 0.4) is 0 Å². The lowest BCUT2D eigenvalue weighted by Crippen LogP contribution is -2.14. The molecule has 0 aliphatic rings. The van der Waals surface area contributed by atoms with Crippen molar-refractivity contribution in [3.63, 3.8) is 0 Å². The highest BCUT2D eigenvalue weighted by atomic mass is 35.5. The Kier molecular flexibility index (Phi) is 3.21. The predicted octanol–water partition coefficient (Wildman–Crippen LogP) is 1.33. The van der Waals surface area contributed by atoms with Gasteiger partial charge in [0.25, 0.3) is 10.0 Å². The second-order valence-corrected chi connectivity index (χ2v) is 5.00. The topological polar surface area (TPSA) is 84.8 Å². The lowest BCUT2D eigenvalue weighted by atomic mass is 10.5. The number of sulfonamides is 1. The van der Waals surface area contributed by atoms with Crippen molar-refractivity contribution in [1.82, 2.24) is 15.0 Å². The summed E-state index contributed by atoms with van der Waals surface area (Å²) in [6.45, 7) is 0. The third kappa shape index (κ3) is 2.69. The molecule has 2 heterocycles. The first-order chi connectivity index (χ1) is 8.09. The van der Waals surface area contributed by atoms with Crippen LogP contribution in [0.4, 0.5) is 5.82 Å². The molecule has 1 N–H and O–H groups in total. The van der Waals surface area contributed by atoms with E-state index in [1.54, 1.807) is 0 Å². The Balaban J connectivity index is 2.36. The lowest BCUT2D eigenvalue weighted by Gasteiger charge is -2.07. The van der Waals surface area contributed by atoms with Crippen LogP contribution < -0.4 is 4.72 Å². The minimum atomic E-state index is -3.79. The Labute approximate surface area is 103 Å². The molecule has 0 aliphatic carbocycles. The van der Waals surface area contributed by atoms with Crippen molar-refractivity contribution in [2.45, 2.75) is 4.90 Å². The smallest absolute Gasteiger partial charge is 0.262 e. The Morgan fingerprint density at radius 2 is 2.00 bits per heavy atom. The van der Waals surface area contributed by atoms with E-state index in [0.29, 0.717) is 0 Å². The van der Waals surface area contributed by atoms with E-state index in [2.05, 4.69) is 19.7 Å². The van der Waals surface area contributed by atoms with Gasteiger partial charge in [-0.15, -0.1) is 0 Å². The molecule has 0 aromatic carbocycles. The zero-order valence-corrected chi connectivity index (χ0v) is 9.98. The lowest BCUT2D eigenvalue weighted by molar-refractivity contribution is 0.600. The number of pyridine rings is 1. The van der Waals surface area contributed by atoms with E-state index in [1.807, 2.05) is 0 Å². The third-order valence-electron chi connectivity index (χ3n) is 1.82. The fourth-order valence-electron chi connectivity index (χ4n) is 1.12. The Morgan fingerprint density at radius 1 is 1.18 bits per heavy atom. The van der Waals surface area contributed by atoms with Gasteiger partial charge in [-0.05, 0) is 12.1 Å². The van der Waals surface area contributed by atoms with Crippen molar-refractivity contribution >= 4 is 27.4 Å². The molecule has 2 aromatic rings. The molecule has 0 aliphatic heterocycles. The van der Waals surface area contributed by atoms with Crippen molar-refractivity contribution in [3.05, 3.63) is 42.1 Å². The highest BCUT2D eigenvalue weighted by molar-refractivity contribution is 7.92. The minimum Gasteiger partial charge on any atom is -0.262 e. The average Bonchev–Trinajstić information content (AvgIpc) is 2.30. The second-order valence-electron chi connectivity index (χ2n) is 2.99. The Morgan fingerprint density at radius 3 is 2.65 bits per heavy atom. The molecule has 0 saturated heterocycles. The van der Waals surface area contributed by atoms with E-state index in [4.69, 9.17) is 11.6 Å². The van der Waals surface area contributed by atoms with Gasteiger partial charge < -0.3 is 0 Å². The molecule has 6 nitrogen and oxygen atoms in total. The van der Waals surface area contributed by atoms with Crippen molar-refractivity contribution in [2.24, 2.45) is 0 Å². The molecule has 0 atom stereocenters. The molecule has 2 rings (SSSR count). The number of rotatable bonds is 3. The molecular formula is C9H7ClN4O2S. The number of anilines is 1. The van der Waals surface area contributed by atoms with Crippen LogP contribution in [0.1, 0.15) is 0 Å². The molecular weight excluding hydrogens is 264 g/mol. The molecule has 0 spiro atoms. The molecule has 0 fully saturated rings. The summed E-state index contributed by atoms with van der Waals surface area (Å²) in [7, 11) is -3.79. The second kappa shape index (κ2) is 4.64. The van der Waals surface area contributed by atoms with E-state index in [0.717, 1.165) is 0 Å². The summed E-state index contributed by atoms with van der Waals surface area (Å²) in [4.78, 5) is 11.1. The normalized spacial score (nSPS) is 11.1. The van der Waals surface area contributed by atoms with Gasteiger partial charge >= 0.3 is 0 Å². The van der Waals surface area contributed by atoms with Gasteiger partial charge in [0.2, 0.25) is 0 Å². The molecule has 0 saturated carbocycles. The summed E-state index contributed by atoms with van der Waals surface area (Å²) < 4.78 is 26.1. The van der Waals surface area contributed by atoms with Gasteiger partial charge in [-0.1, -0.05) is 11.6 Å². The fourth-order valence-corrected chi connectivity index (χ4v) is 2.56. The average molecular weight is 271 g/mol. The van der Waals surface area contributed by atoms with Gasteiger partial charge in [-0.25, -0.2) is 18.4 Å².